The number of nitrogens with zero attached hydrogens (tertiary/aromatic N) is 6. The maximum Gasteiger partial charge on any atom is 0.335 e. The Morgan fingerprint density at radius 3 is 2.50 bits per heavy atom. The highest BCUT2D eigenvalue weighted by Gasteiger charge is 2.18. The molecule has 8 nitrogen and oxygen atoms in total. The van der Waals surface area contributed by atoms with Gasteiger partial charge in [-0.05, 0) is 44.5 Å². The molecule has 8 heteroatoms. The van der Waals surface area contributed by atoms with E-state index in [0.29, 0.717) is 12.4 Å². The van der Waals surface area contributed by atoms with E-state index in [0.717, 1.165) is 51.1 Å². The van der Waals surface area contributed by atoms with E-state index >= 15 is 0 Å². The topological polar surface area (TPSA) is 98.7 Å². The second-order valence-electron chi connectivity index (χ2n) is 7.79. The summed E-state index contributed by atoms with van der Waals surface area (Å²) >= 11 is 0. The molecular weight excluding hydrogens is 404 g/mol. The molecule has 0 aliphatic carbocycles. The van der Waals surface area contributed by atoms with E-state index in [1.807, 2.05) is 44.2 Å². The van der Waals surface area contributed by atoms with Gasteiger partial charge in [-0.2, -0.15) is 10.1 Å². The summed E-state index contributed by atoms with van der Waals surface area (Å²) in [7, 11) is 0. The molecule has 0 saturated heterocycles. The number of rotatable bonds is 5. The first-order chi connectivity index (χ1) is 15.5. The van der Waals surface area contributed by atoms with Gasteiger partial charge in [-0.25, -0.2) is 9.48 Å². The first-order valence-electron chi connectivity index (χ1n) is 10.5. The number of hydrogen-bond donors (Lipinski definition) is 1. The molecule has 0 fully saturated rings. The summed E-state index contributed by atoms with van der Waals surface area (Å²) in [5.41, 5.74) is 6.83. The van der Waals surface area contributed by atoms with Crippen LogP contribution in [-0.4, -0.2) is 40.6 Å². The van der Waals surface area contributed by atoms with Gasteiger partial charge in [0.25, 0.3) is 5.95 Å². The molecule has 3 aromatic heterocycles. The lowest BCUT2D eigenvalue weighted by Crippen LogP contribution is -2.08. The first kappa shape index (κ1) is 19.9. The lowest BCUT2D eigenvalue weighted by molar-refractivity contribution is 0.0697. The molecule has 3 heterocycles. The molecule has 1 N–H and O–H groups in total. The van der Waals surface area contributed by atoms with Gasteiger partial charge in [0.05, 0.1) is 16.8 Å². The van der Waals surface area contributed by atoms with Crippen LogP contribution in [0.25, 0.3) is 28.0 Å². The number of carboxylic acid groups (broad SMARTS) is 1. The standard InChI is InChI=1S/C24H22N6O2/c1-4-29-20-8-6-5-7-18(20)21-22(29)25-24(27-26-21)30-15(3)19(14(2)28-30)13-16-9-11-17(12-10-16)23(31)32/h5-12H,4,13H2,1-3H3,(H,31,32). The van der Waals surface area contributed by atoms with Crippen LogP contribution in [0.15, 0.2) is 48.5 Å². The molecule has 32 heavy (non-hydrogen) atoms. The highest BCUT2D eigenvalue weighted by atomic mass is 16.4. The van der Waals surface area contributed by atoms with Gasteiger partial charge in [0.15, 0.2) is 5.65 Å². The Kier molecular flexibility index (Phi) is 4.70. The quantitative estimate of drug-likeness (QED) is 0.454. The summed E-state index contributed by atoms with van der Waals surface area (Å²) in [4.78, 5) is 15.9. The van der Waals surface area contributed by atoms with Gasteiger partial charge in [-0.1, -0.05) is 30.3 Å². The van der Waals surface area contributed by atoms with Gasteiger partial charge < -0.3 is 9.67 Å². The molecule has 0 bridgehead atoms. The summed E-state index contributed by atoms with van der Waals surface area (Å²) in [6, 6.07) is 15.0. The van der Waals surface area contributed by atoms with E-state index < -0.39 is 5.97 Å². The summed E-state index contributed by atoms with van der Waals surface area (Å²) in [5.74, 6) is -0.496. The molecule has 0 atom stereocenters. The third kappa shape index (κ3) is 3.11. The minimum absolute atomic E-state index is 0.275. The van der Waals surface area contributed by atoms with Crippen LogP contribution in [0.2, 0.25) is 0 Å². The summed E-state index contributed by atoms with van der Waals surface area (Å²) in [5, 5.41) is 23.7. The monoisotopic (exact) mass is 426 g/mol. The lowest BCUT2D eigenvalue weighted by atomic mass is 10.0. The Bertz CT molecular complexity index is 1480. The van der Waals surface area contributed by atoms with E-state index in [-0.39, 0.29) is 5.56 Å². The number of carbonyl (C=O) groups is 1. The van der Waals surface area contributed by atoms with Gasteiger partial charge in [0.1, 0.15) is 5.52 Å². The molecule has 160 valence electrons. The van der Waals surface area contributed by atoms with Gasteiger partial charge in [0.2, 0.25) is 0 Å². The van der Waals surface area contributed by atoms with E-state index in [4.69, 9.17) is 10.1 Å². The fourth-order valence-corrected chi connectivity index (χ4v) is 4.20. The molecule has 5 rings (SSSR count). The van der Waals surface area contributed by atoms with Crippen molar-refractivity contribution in [3.63, 3.8) is 0 Å². The smallest absolute Gasteiger partial charge is 0.335 e. The molecular formula is C24H22N6O2. The maximum absolute atomic E-state index is 11.1. The fraction of sp³-hybridized carbons (Fsp3) is 0.208. The molecule has 0 radical (unpaired) electrons. The van der Waals surface area contributed by atoms with Crippen molar-refractivity contribution in [1.82, 2.24) is 29.5 Å². The van der Waals surface area contributed by atoms with Crippen molar-refractivity contribution in [1.29, 1.82) is 0 Å². The number of carboxylic acids is 1. The minimum atomic E-state index is -0.929. The van der Waals surface area contributed by atoms with Crippen molar-refractivity contribution < 1.29 is 9.90 Å². The fourth-order valence-electron chi connectivity index (χ4n) is 4.20. The zero-order chi connectivity index (χ0) is 22.4. The Labute approximate surface area is 184 Å². The van der Waals surface area contributed by atoms with E-state index in [9.17, 15) is 4.79 Å². The van der Waals surface area contributed by atoms with Gasteiger partial charge in [-0.15, -0.1) is 10.2 Å². The van der Waals surface area contributed by atoms with Crippen molar-refractivity contribution in [3.05, 3.63) is 76.6 Å². The van der Waals surface area contributed by atoms with Crippen molar-refractivity contribution in [2.24, 2.45) is 0 Å². The van der Waals surface area contributed by atoms with Crippen LogP contribution in [-0.2, 0) is 13.0 Å². The number of aromatic nitrogens is 6. The number of fused-ring (bicyclic) bond motifs is 3. The largest absolute Gasteiger partial charge is 0.478 e. The van der Waals surface area contributed by atoms with Gasteiger partial charge in [0, 0.05) is 29.6 Å². The third-order valence-electron chi connectivity index (χ3n) is 5.89. The van der Waals surface area contributed by atoms with Crippen LogP contribution in [0.1, 0.15) is 39.8 Å². The first-order valence-corrected chi connectivity index (χ1v) is 10.5. The Morgan fingerprint density at radius 2 is 1.78 bits per heavy atom. The molecule has 0 unspecified atom stereocenters. The minimum Gasteiger partial charge on any atom is -0.478 e. The van der Waals surface area contributed by atoms with Crippen LogP contribution in [0.5, 0.6) is 0 Å². The molecule has 0 saturated carbocycles. The van der Waals surface area contributed by atoms with Crippen molar-refractivity contribution in [2.75, 3.05) is 0 Å². The normalized spacial score (nSPS) is 11.5. The predicted molar refractivity (Wildman–Crippen MR) is 121 cm³/mol. The number of hydrogen-bond acceptors (Lipinski definition) is 5. The summed E-state index contributed by atoms with van der Waals surface area (Å²) in [6.07, 6.45) is 0.641. The molecule has 5 aromatic rings. The predicted octanol–water partition coefficient (Wildman–Crippen LogP) is 4.09. The molecule has 0 spiro atoms. The van der Waals surface area contributed by atoms with Crippen LogP contribution in [0, 0.1) is 13.8 Å². The second-order valence-corrected chi connectivity index (χ2v) is 7.79. The number of aryl methyl sites for hydroxylation is 2. The average molecular weight is 426 g/mol. The number of para-hydroxylation sites is 1. The molecule has 0 aliphatic rings. The summed E-state index contributed by atoms with van der Waals surface area (Å²) < 4.78 is 3.87. The average Bonchev–Trinajstić information content (AvgIpc) is 3.27. The Balaban J connectivity index is 1.57. The molecule has 0 aliphatic heterocycles. The number of benzene rings is 2. The third-order valence-corrected chi connectivity index (χ3v) is 5.89. The highest BCUT2D eigenvalue weighted by Crippen LogP contribution is 2.27. The molecule has 2 aromatic carbocycles. The lowest BCUT2D eigenvalue weighted by Gasteiger charge is -2.06. The van der Waals surface area contributed by atoms with Crippen LogP contribution < -0.4 is 0 Å². The zero-order valence-electron chi connectivity index (χ0n) is 18.1. The van der Waals surface area contributed by atoms with E-state index in [1.165, 1.54) is 0 Å². The Hall–Kier alpha value is -4.07. The van der Waals surface area contributed by atoms with E-state index in [2.05, 4.69) is 32.9 Å². The number of aromatic carboxylic acids is 1. The van der Waals surface area contributed by atoms with Gasteiger partial charge in [-0.3, -0.25) is 0 Å². The summed E-state index contributed by atoms with van der Waals surface area (Å²) in [6.45, 7) is 6.81. The van der Waals surface area contributed by atoms with Gasteiger partial charge >= 0.3 is 5.97 Å². The van der Waals surface area contributed by atoms with Crippen LogP contribution in [0.3, 0.4) is 0 Å². The van der Waals surface area contributed by atoms with Crippen molar-refractivity contribution in [2.45, 2.75) is 33.7 Å². The Morgan fingerprint density at radius 1 is 1.03 bits per heavy atom. The maximum atomic E-state index is 11.1. The van der Waals surface area contributed by atoms with Crippen molar-refractivity contribution in [3.8, 4) is 5.95 Å². The highest BCUT2D eigenvalue weighted by molar-refractivity contribution is 6.04. The van der Waals surface area contributed by atoms with Crippen LogP contribution in [0.4, 0.5) is 0 Å². The zero-order valence-corrected chi connectivity index (χ0v) is 18.1. The van der Waals surface area contributed by atoms with Crippen molar-refractivity contribution >= 4 is 28.0 Å². The second kappa shape index (κ2) is 7.56. The van der Waals surface area contributed by atoms with Crippen LogP contribution >= 0.6 is 0 Å². The van der Waals surface area contributed by atoms with E-state index in [1.54, 1.807) is 16.8 Å². The molecule has 0 amide bonds. The SMILES string of the molecule is CCn1c2ccccc2c2nnc(-n3nc(C)c(Cc4ccc(C(=O)O)cc4)c3C)nc21.